The van der Waals surface area contributed by atoms with Crippen LogP contribution in [0.4, 0.5) is 13.2 Å². The van der Waals surface area contributed by atoms with Gasteiger partial charge in [0.25, 0.3) is 6.47 Å². The summed E-state index contributed by atoms with van der Waals surface area (Å²) in [5.74, 6) is 5.36. The second-order valence-electron chi connectivity index (χ2n) is 12.4. The number of unbranched alkanes of at least 4 members (excludes halogenated alkanes) is 3. The Hall–Kier alpha value is -7.27. The van der Waals surface area contributed by atoms with Crippen LogP contribution in [-0.4, -0.2) is 56.4 Å². The Bertz CT molecular complexity index is 2550. The predicted molar refractivity (Wildman–Crippen MR) is 242 cm³/mol. The van der Waals surface area contributed by atoms with Crippen LogP contribution in [0.3, 0.4) is 0 Å². The van der Waals surface area contributed by atoms with E-state index < -0.39 is 17.6 Å². The summed E-state index contributed by atoms with van der Waals surface area (Å²) in [5.41, 5.74) is 10.3. The Labute approximate surface area is 394 Å². The number of aryl methyl sites for hydroxylation is 1. The third-order valence-electron chi connectivity index (χ3n) is 7.95. The van der Waals surface area contributed by atoms with Gasteiger partial charge in [-0.3, -0.25) is 34.7 Å². The van der Waals surface area contributed by atoms with Gasteiger partial charge in [-0.1, -0.05) is 44.5 Å². The standard InChI is InChI=1S/C24H13N3O6.C21H23F3N3S.CNS.Ru/c28-15-31-8-3-18-1-6-25-21(11-18)23-13-20(5-10-33-17-30)14-24(27-23)22-12-19(2-7-26-22)4-9-32-16-29;1-2-3-4-5-6-16-9-10-17(28-16)8-7-15-11-12-27-19(13-15)18(25)14-20(26)21(22,23)24;2-1-3;/h1-2,5-7,10-17H;7-14,25-26H,2-6H2,1H3;;/q;2*-1;+2/b10-5+;8-7+,18-14-,26-20?;;. The fraction of sp³-hybridized carbons (Fsp3) is 0.152. The van der Waals surface area contributed by atoms with E-state index in [-0.39, 0.29) is 38.1 Å². The van der Waals surface area contributed by atoms with Crippen LogP contribution in [-0.2, 0) is 54.5 Å². The molecule has 65 heavy (non-hydrogen) atoms. The smallest absolute Gasteiger partial charge is 0.753 e. The van der Waals surface area contributed by atoms with Gasteiger partial charge in [-0.05, 0) is 115 Å². The van der Waals surface area contributed by atoms with E-state index in [2.05, 4.69) is 89.5 Å². The van der Waals surface area contributed by atoms with E-state index >= 15 is 0 Å². The number of carbonyl (C=O) groups is 3. The van der Waals surface area contributed by atoms with Crippen LogP contribution < -0.4 is 0 Å². The third kappa shape index (κ3) is 20.2. The number of ether oxygens (including phenoxy) is 3. The van der Waals surface area contributed by atoms with Gasteiger partial charge in [0, 0.05) is 45.2 Å². The van der Waals surface area contributed by atoms with Crippen LogP contribution in [0.5, 0.6) is 0 Å². The van der Waals surface area contributed by atoms with Gasteiger partial charge < -0.3 is 25.4 Å². The largest absolute Gasteiger partial charge is 2.00 e. The quantitative estimate of drug-likeness (QED) is 0.0144. The summed E-state index contributed by atoms with van der Waals surface area (Å²) in [6, 6.07) is 17.6. The molecule has 0 aliphatic heterocycles. The van der Waals surface area contributed by atoms with Crippen molar-refractivity contribution < 1.29 is 61.2 Å². The van der Waals surface area contributed by atoms with Crippen molar-refractivity contribution in [2.45, 2.75) is 45.2 Å². The molecule has 0 fully saturated rings. The van der Waals surface area contributed by atoms with Crippen molar-refractivity contribution >= 4 is 77.8 Å². The number of nitrogens with one attached hydrogen (secondary N) is 2. The molecule has 0 radical (unpaired) electrons. The normalized spacial score (nSPS) is 10.4. The van der Waals surface area contributed by atoms with Gasteiger partial charge in [-0.25, -0.2) is 4.98 Å². The maximum atomic E-state index is 12.4. The summed E-state index contributed by atoms with van der Waals surface area (Å²) in [7, 11) is 0. The number of halogens is 3. The summed E-state index contributed by atoms with van der Waals surface area (Å²) in [6.45, 7) is 2.96. The average molecular weight is 1010 g/mol. The zero-order chi connectivity index (χ0) is 46.6. The van der Waals surface area contributed by atoms with Gasteiger partial charge in [0.1, 0.15) is 17.9 Å². The number of hydrogen-bond donors (Lipinski definition) is 1. The Kier molecular flexibility index (Phi) is 24.8. The summed E-state index contributed by atoms with van der Waals surface area (Å²) in [6.07, 6.45) is 17.4. The first-order valence-corrected chi connectivity index (χ1v) is 19.9. The van der Waals surface area contributed by atoms with Crippen molar-refractivity contribution in [2.24, 2.45) is 0 Å². The number of thiophene rings is 1. The molecule has 0 aromatic carbocycles. The number of carbonyl (C=O) groups excluding carboxylic acids is 3. The van der Waals surface area contributed by atoms with Crippen molar-refractivity contribution in [3.63, 3.8) is 0 Å². The summed E-state index contributed by atoms with van der Waals surface area (Å²) < 4.78 is 50.8. The minimum Gasteiger partial charge on any atom is -0.753 e. The first-order valence-electron chi connectivity index (χ1n) is 18.7. The maximum absolute atomic E-state index is 12.4. The van der Waals surface area contributed by atoms with Gasteiger partial charge in [0.05, 0.1) is 29.0 Å². The number of nitrogens with zero attached hydrogens (tertiary/aromatic N) is 5. The summed E-state index contributed by atoms with van der Waals surface area (Å²) >= 11 is 5.43. The molecule has 0 unspecified atom stereocenters. The first kappa shape index (κ1) is 53.9. The molecule has 5 rings (SSSR count). The number of aromatic nitrogens is 4. The van der Waals surface area contributed by atoms with Crippen molar-refractivity contribution in [3.05, 3.63) is 140 Å². The molecule has 0 saturated heterocycles. The van der Waals surface area contributed by atoms with Crippen LogP contribution in [0.1, 0.15) is 70.3 Å². The molecule has 5 aromatic heterocycles. The van der Waals surface area contributed by atoms with Crippen LogP contribution in [0, 0.1) is 29.5 Å². The molecule has 19 heteroatoms. The molecule has 0 bridgehead atoms. The van der Waals surface area contributed by atoms with E-state index in [0.717, 1.165) is 16.9 Å². The molecule has 332 valence electrons. The Morgan fingerprint density at radius 2 is 1.40 bits per heavy atom. The van der Waals surface area contributed by atoms with Crippen molar-refractivity contribution in [3.8, 4) is 46.8 Å². The molecular formula is C46H36F3N7O6RuS2. The van der Waals surface area contributed by atoms with E-state index in [0.29, 0.717) is 52.0 Å². The molecule has 13 nitrogen and oxygen atoms in total. The molecule has 0 atom stereocenters. The molecule has 2 N–H and O–H groups in total. The van der Waals surface area contributed by atoms with Gasteiger partial charge in [-0.2, -0.15) is 18.3 Å². The summed E-state index contributed by atoms with van der Waals surface area (Å²) in [4.78, 5) is 50.7. The second kappa shape index (κ2) is 29.9. The number of thiocarbonyl (C=S) groups is 1. The summed E-state index contributed by atoms with van der Waals surface area (Å²) in [5, 5.41) is 15.4. The topological polar surface area (TPSA) is 200 Å². The predicted octanol–water partition coefficient (Wildman–Crippen LogP) is 10.4. The van der Waals surface area contributed by atoms with Crippen molar-refractivity contribution in [1.29, 1.82) is 5.41 Å². The Balaban J connectivity index is 0.000000420. The number of rotatable bonds is 16. The zero-order valence-electron chi connectivity index (χ0n) is 34.1. The van der Waals surface area contributed by atoms with Crippen molar-refractivity contribution in [2.75, 3.05) is 0 Å². The minimum atomic E-state index is -4.77. The Morgan fingerprint density at radius 3 is 1.95 bits per heavy atom. The van der Waals surface area contributed by atoms with Gasteiger partial charge >= 0.3 is 38.6 Å². The molecular weight excluding hydrogens is 969 g/mol. The molecule has 5 aromatic rings. The fourth-order valence-corrected chi connectivity index (χ4v) is 6.06. The van der Waals surface area contributed by atoms with E-state index in [1.54, 1.807) is 72.3 Å². The molecule has 0 amide bonds. The van der Waals surface area contributed by atoms with Gasteiger partial charge in [0.2, 0.25) is 0 Å². The van der Waals surface area contributed by atoms with E-state index in [9.17, 15) is 27.6 Å². The van der Waals surface area contributed by atoms with E-state index in [1.165, 1.54) is 54.2 Å². The second-order valence-corrected chi connectivity index (χ2v) is 13.8. The monoisotopic (exact) mass is 1010 g/mol. The van der Waals surface area contributed by atoms with Gasteiger partial charge in [-0.15, -0.1) is 17.0 Å². The number of isothiocyanates is 1. The average Bonchev–Trinajstić information content (AvgIpc) is 3.75. The third-order valence-corrected chi connectivity index (χ3v) is 9.06. The molecule has 0 aliphatic carbocycles. The van der Waals surface area contributed by atoms with Crippen LogP contribution >= 0.6 is 23.6 Å². The fourth-order valence-electron chi connectivity index (χ4n) is 5.10. The Morgan fingerprint density at radius 1 is 0.800 bits per heavy atom. The van der Waals surface area contributed by atoms with Gasteiger partial charge in [0.15, 0.2) is 0 Å². The minimum absolute atomic E-state index is 0. The van der Waals surface area contributed by atoms with Crippen LogP contribution in [0.15, 0.2) is 91.6 Å². The number of allylic oxidation sites excluding steroid dienone is 1. The molecule has 0 saturated carbocycles. The number of hydrogen-bond acceptors (Lipinski definition) is 13. The SMILES string of the molecule is CCCCCCc1ccc(/C=C/c2ccnc(/C([NH-])=C/C(=N)C(F)(F)F)c2)s1.O=COC#Cc1ccnc(-c2cc(/C=C/OC=O)cc(-c3cc(C#COC=O)ccn3)n2)c1.[N-]=C=S.[Ru+2]. The van der Waals surface area contributed by atoms with E-state index in [4.69, 9.17) is 16.6 Å². The van der Waals surface area contributed by atoms with Crippen LogP contribution in [0.25, 0.3) is 57.8 Å². The number of alkyl halides is 3. The first-order chi connectivity index (χ1) is 30.9. The molecule has 5 heterocycles. The van der Waals surface area contributed by atoms with E-state index in [1.807, 2.05) is 12.2 Å². The van der Waals surface area contributed by atoms with Crippen LogP contribution in [0.2, 0.25) is 0 Å². The maximum Gasteiger partial charge on any atom is 2.00 e. The molecule has 0 spiro atoms. The number of pyridine rings is 4. The molecule has 0 aliphatic rings. The van der Waals surface area contributed by atoms with Crippen molar-refractivity contribution in [1.82, 2.24) is 19.9 Å². The zero-order valence-corrected chi connectivity index (χ0v) is 37.5.